The van der Waals surface area contributed by atoms with E-state index in [1.165, 1.54) is 83.5 Å². The maximum atomic E-state index is 11.9. The molecule has 0 fully saturated rings. The molecule has 0 rings (SSSR count). The zero-order valence-corrected chi connectivity index (χ0v) is 25.3. The van der Waals surface area contributed by atoms with E-state index in [1.54, 1.807) is 0 Å². The molecule has 3 amide bonds. The maximum Gasteiger partial charge on any atom is 0.246 e. The number of carbonyl (C=O) groups excluding carboxylic acids is 3. The number of nitrogens with one attached hydrogen (secondary N) is 2. The van der Waals surface area contributed by atoms with Gasteiger partial charge in [-0.05, 0) is 6.42 Å². The van der Waals surface area contributed by atoms with E-state index in [0.717, 1.165) is 12.8 Å². The molecule has 236 valence electrons. The molecule has 0 heterocycles. The molecule has 0 aliphatic heterocycles. The third-order valence-corrected chi connectivity index (χ3v) is 6.37. The molecule has 0 atom stereocenters. The molecule has 0 aromatic rings. The summed E-state index contributed by atoms with van der Waals surface area (Å²) < 4.78 is 20.9. The van der Waals surface area contributed by atoms with E-state index in [2.05, 4.69) is 17.6 Å². The molecular weight excluding hydrogens is 514 g/mol. The Kier molecular flexibility index (Phi) is 30.4. The van der Waals surface area contributed by atoms with Gasteiger partial charge in [0.05, 0.1) is 39.6 Å². The van der Waals surface area contributed by atoms with Crippen LogP contribution in [0.15, 0.2) is 0 Å². The lowest BCUT2D eigenvalue weighted by molar-refractivity contribution is -0.127. The number of hydrogen-bond acceptors (Lipinski definition) is 7. The Morgan fingerprint density at radius 3 is 1.38 bits per heavy atom. The van der Waals surface area contributed by atoms with Crippen molar-refractivity contribution in [3.8, 4) is 0 Å². The van der Waals surface area contributed by atoms with Crippen LogP contribution in [0.25, 0.3) is 0 Å². The Labute approximate surface area is 243 Å². The van der Waals surface area contributed by atoms with Crippen molar-refractivity contribution in [3.63, 3.8) is 0 Å². The summed E-state index contributed by atoms with van der Waals surface area (Å²) in [5.74, 6) is -0.682. The van der Waals surface area contributed by atoms with Crippen LogP contribution in [-0.2, 0) is 33.3 Å². The third-order valence-electron chi connectivity index (χ3n) is 6.37. The van der Waals surface area contributed by atoms with Gasteiger partial charge < -0.3 is 35.3 Å². The average Bonchev–Trinajstić information content (AvgIpc) is 2.93. The number of amides is 3. The van der Waals surface area contributed by atoms with E-state index in [0.29, 0.717) is 52.5 Å². The SMILES string of the molecule is CCCCCCCCCCCCCCCCCC(=O)NCCOCCOCC(=O)NCCOCCOCC(N)=O. The minimum atomic E-state index is -0.523. The molecule has 0 spiro atoms. The Bertz CT molecular complexity index is 594. The summed E-state index contributed by atoms with van der Waals surface area (Å²) in [4.78, 5) is 34.1. The average molecular weight is 574 g/mol. The zero-order chi connectivity index (χ0) is 29.4. The van der Waals surface area contributed by atoms with E-state index in [9.17, 15) is 14.4 Å². The minimum Gasteiger partial charge on any atom is -0.377 e. The highest BCUT2D eigenvalue weighted by atomic mass is 16.5. The molecular formula is C30H59N3O7. The zero-order valence-electron chi connectivity index (χ0n) is 25.3. The Morgan fingerprint density at radius 2 is 0.900 bits per heavy atom. The van der Waals surface area contributed by atoms with Crippen molar-refractivity contribution < 1.29 is 33.3 Å². The van der Waals surface area contributed by atoms with Crippen molar-refractivity contribution in [2.24, 2.45) is 5.73 Å². The fraction of sp³-hybridized carbons (Fsp3) is 0.900. The molecule has 0 unspecified atom stereocenters. The monoisotopic (exact) mass is 573 g/mol. The Balaban J connectivity index is 3.25. The van der Waals surface area contributed by atoms with Crippen LogP contribution in [0.5, 0.6) is 0 Å². The van der Waals surface area contributed by atoms with Gasteiger partial charge in [-0.1, -0.05) is 96.8 Å². The number of ether oxygens (including phenoxy) is 4. The second-order valence-electron chi connectivity index (χ2n) is 10.2. The van der Waals surface area contributed by atoms with Crippen LogP contribution in [0.4, 0.5) is 0 Å². The van der Waals surface area contributed by atoms with Gasteiger partial charge >= 0.3 is 0 Å². The highest BCUT2D eigenvalue weighted by Crippen LogP contribution is 2.13. The summed E-state index contributed by atoms with van der Waals surface area (Å²) >= 11 is 0. The number of primary amides is 1. The molecule has 0 bridgehead atoms. The fourth-order valence-electron chi connectivity index (χ4n) is 4.10. The molecule has 0 aliphatic carbocycles. The Morgan fingerprint density at radius 1 is 0.500 bits per heavy atom. The maximum absolute atomic E-state index is 11.9. The summed E-state index contributed by atoms with van der Waals surface area (Å²) in [5, 5.41) is 5.55. The number of carbonyl (C=O) groups is 3. The van der Waals surface area contributed by atoms with Crippen LogP contribution in [0, 0.1) is 0 Å². The second kappa shape index (κ2) is 31.8. The van der Waals surface area contributed by atoms with Crippen molar-refractivity contribution in [2.75, 3.05) is 65.9 Å². The third kappa shape index (κ3) is 32.5. The van der Waals surface area contributed by atoms with E-state index < -0.39 is 5.91 Å². The largest absolute Gasteiger partial charge is 0.377 e. The lowest BCUT2D eigenvalue weighted by atomic mass is 10.0. The lowest BCUT2D eigenvalue weighted by Gasteiger charge is -2.08. The van der Waals surface area contributed by atoms with Crippen molar-refractivity contribution in [2.45, 2.75) is 110 Å². The molecule has 0 aromatic heterocycles. The van der Waals surface area contributed by atoms with Crippen LogP contribution in [-0.4, -0.2) is 83.7 Å². The van der Waals surface area contributed by atoms with Crippen molar-refractivity contribution in [1.82, 2.24) is 10.6 Å². The van der Waals surface area contributed by atoms with Gasteiger partial charge in [0.2, 0.25) is 17.7 Å². The lowest BCUT2D eigenvalue weighted by Crippen LogP contribution is -2.31. The first-order valence-electron chi connectivity index (χ1n) is 15.7. The Hall–Kier alpha value is -1.75. The van der Waals surface area contributed by atoms with E-state index >= 15 is 0 Å². The molecule has 0 aromatic carbocycles. The molecule has 10 heteroatoms. The van der Waals surface area contributed by atoms with Crippen LogP contribution < -0.4 is 16.4 Å². The molecule has 0 saturated heterocycles. The second-order valence-corrected chi connectivity index (χ2v) is 10.2. The summed E-state index contributed by atoms with van der Waals surface area (Å²) in [7, 11) is 0. The van der Waals surface area contributed by atoms with Gasteiger partial charge in [-0.15, -0.1) is 0 Å². The number of unbranched alkanes of at least 4 members (excludes halogenated alkanes) is 14. The first kappa shape index (κ1) is 38.2. The van der Waals surface area contributed by atoms with Gasteiger partial charge in [-0.3, -0.25) is 14.4 Å². The fourth-order valence-corrected chi connectivity index (χ4v) is 4.10. The predicted molar refractivity (Wildman–Crippen MR) is 158 cm³/mol. The van der Waals surface area contributed by atoms with E-state index in [1.807, 2.05) is 0 Å². The number of hydrogen-bond donors (Lipinski definition) is 3. The highest BCUT2D eigenvalue weighted by molar-refractivity contribution is 5.77. The highest BCUT2D eigenvalue weighted by Gasteiger charge is 2.03. The molecule has 4 N–H and O–H groups in total. The van der Waals surface area contributed by atoms with Gasteiger partial charge in [0, 0.05) is 19.5 Å². The van der Waals surface area contributed by atoms with E-state index in [-0.39, 0.29) is 31.6 Å². The van der Waals surface area contributed by atoms with Crippen LogP contribution >= 0.6 is 0 Å². The standard InChI is InChI=1S/C30H59N3O7/c1-2-3-4-5-6-7-8-9-10-11-12-13-14-15-16-17-29(35)32-18-20-37-23-25-40-27-30(36)33-19-21-38-22-24-39-26-28(31)34/h2-27H2,1H3,(H2,31,34)(H,32,35)(H,33,36). The van der Waals surface area contributed by atoms with Gasteiger partial charge in [0.25, 0.3) is 0 Å². The molecule has 10 nitrogen and oxygen atoms in total. The smallest absolute Gasteiger partial charge is 0.246 e. The molecule has 0 saturated carbocycles. The van der Waals surface area contributed by atoms with Crippen LogP contribution in [0.1, 0.15) is 110 Å². The van der Waals surface area contributed by atoms with Gasteiger partial charge in [-0.2, -0.15) is 0 Å². The van der Waals surface area contributed by atoms with Crippen molar-refractivity contribution >= 4 is 17.7 Å². The van der Waals surface area contributed by atoms with Gasteiger partial charge in [0.1, 0.15) is 13.2 Å². The van der Waals surface area contributed by atoms with Crippen molar-refractivity contribution in [1.29, 1.82) is 0 Å². The first-order valence-corrected chi connectivity index (χ1v) is 15.7. The first-order chi connectivity index (χ1) is 19.6. The summed E-state index contributed by atoms with van der Waals surface area (Å²) in [5.41, 5.74) is 4.94. The molecule has 40 heavy (non-hydrogen) atoms. The van der Waals surface area contributed by atoms with E-state index in [4.69, 9.17) is 24.7 Å². The van der Waals surface area contributed by atoms with Gasteiger partial charge in [0.15, 0.2) is 0 Å². The molecule has 0 radical (unpaired) electrons. The van der Waals surface area contributed by atoms with Gasteiger partial charge in [-0.25, -0.2) is 0 Å². The van der Waals surface area contributed by atoms with Crippen LogP contribution in [0.2, 0.25) is 0 Å². The van der Waals surface area contributed by atoms with Crippen molar-refractivity contribution in [3.05, 3.63) is 0 Å². The molecule has 0 aliphatic rings. The normalized spacial score (nSPS) is 11.0. The number of rotatable bonds is 32. The summed E-state index contributed by atoms with van der Waals surface area (Å²) in [6.07, 6.45) is 20.3. The summed E-state index contributed by atoms with van der Waals surface area (Å²) in [6.45, 7) is 4.91. The number of nitrogens with two attached hydrogens (primary N) is 1. The minimum absolute atomic E-state index is 0.0545. The topological polar surface area (TPSA) is 138 Å². The quantitative estimate of drug-likeness (QED) is 0.103. The predicted octanol–water partition coefficient (Wildman–Crippen LogP) is 4.03. The summed E-state index contributed by atoms with van der Waals surface area (Å²) in [6, 6.07) is 0. The van der Waals surface area contributed by atoms with Crippen LogP contribution in [0.3, 0.4) is 0 Å².